The minimum absolute atomic E-state index is 0.0951. The van der Waals surface area contributed by atoms with Gasteiger partial charge in [-0.25, -0.2) is 4.98 Å². The Kier molecular flexibility index (Phi) is 5.02. The van der Waals surface area contributed by atoms with Crippen molar-refractivity contribution in [3.63, 3.8) is 0 Å². The van der Waals surface area contributed by atoms with Gasteiger partial charge in [0.15, 0.2) is 0 Å². The van der Waals surface area contributed by atoms with Crippen molar-refractivity contribution in [2.24, 2.45) is 5.92 Å². The average Bonchev–Trinajstić information content (AvgIpc) is 3.40. The number of aliphatic hydroxyl groups excluding tert-OH is 2. The van der Waals surface area contributed by atoms with Gasteiger partial charge in [-0.2, -0.15) is 0 Å². The average molecular weight is 372 g/mol. The van der Waals surface area contributed by atoms with Crippen LogP contribution in [-0.4, -0.2) is 53.4 Å². The minimum Gasteiger partial charge on any atom is -0.390 e. The number of rotatable bonds is 6. The third kappa shape index (κ3) is 3.65. The molecule has 9 heteroatoms. The predicted octanol–water partition coefficient (Wildman–Crippen LogP) is 0.697. The van der Waals surface area contributed by atoms with Gasteiger partial charge in [-0.05, 0) is 18.6 Å². The first kappa shape index (κ1) is 17.2. The van der Waals surface area contributed by atoms with Crippen LogP contribution in [0.4, 0.5) is 0 Å². The molecule has 1 saturated carbocycles. The van der Waals surface area contributed by atoms with Gasteiger partial charge in [0.2, 0.25) is 0 Å². The summed E-state index contributed by atoms with van der Waals surface area (Å²) in [5.41, 5.74) is 1.64. The molecule has 8 nitrogen and oxygen atoms in total. The van der Waals surface area contributed by atoms with Gasteiger partial charge in [0.25, 0.3) is 0 Å². The third-order valence-electron chi connectivity index (χ3n) is 4.72. The molecular formula is C17H20N6O2S. The van der Waals surface area contributed by atoms with Crippen LogP contribution in [0.2, 0.25) is 0 Å². The normalized spacial score (nSPS) is 25.6. The van der Waals surface area contributed by atoms with E-state index in [2.05, 4.69) is 25.6 Å². The predicted molar refractivity (Wildman–Crippen MR) is 96.1 cm³/mol. The van der Waals surface area contributed by atoms with Crippen molar-refractivity contribution in [2.75, 3.05) is 0 Å². The summed E-state index contributed by atoms with van der Waals surface area (Å²) in [5, 5.41) is 35.2. The zero-order chi connectivity index (χ0) is 17.9. The van der Waals surface area contributed by atoms with Crippen molar-refractivity contribution in [1.82, 2.24) is 30.3 Å². The van der Waals surface area contributed by atoms with Crippen LogP contribution in [0, 0.1) is 5.92 Å². The zero-order valence-electron chi connectivity index (χ0n) is 14.0. The lowest BCUT2D eigenvalue weighted by Crippen LogP contribution is -2.39. The lowest BCUT2D eigenvalue weighted by molar-refractivity contribution is 0.00722. The van der Waals surface area contributed by atoms with E-state index >= 15 is 0 Å². The van der Waals surface area contributed by atoms with Gasteiger partial charge in [-0.1, -0.05) is 5.21 Å². The molecule has 4 rings (SSSR count). The maximum absolute atomic E-state index is 10.4. The van der Waals surface area contributed by atoms with E-state index in [-0.39, 0.29) is 12.0 Å². The fourth-order valence-corrected chi connectivity index (χ4v) is 3.91. The molecule has 0 aromatic carbocycles. The second-order valence-electron chi connectivity index (χ2n) is 6.46. The molecule has 1 aliphatic rings. The fraction of sp³-hybridized carbons (Fsp3) is 0.412. The highest BCUT2D eigenvalue weighted by molar-refractivity contribution is 7.09. The van der Waals surface area contributed by atoms with Crippen molar-refractivity contribution in [3.05, 3.63) is 47.3 Å². The van der Waals surface area contributed by atoms with Crippen molar-refractivity contribution in [1.29, 1.82) is 0 Å². The first-order chi connectivity index (χ1) is 12.7. The Morgan fingerprint density at radius 1 is 1.27 bits per heavy atom. The second-order valence-corrected chi connectivity index (χ2v) is 7.44. The topological polar surface area (TPSA) is 109 Å². The van der Waals surface area contributed by atoms with Crippen molar-refractivity contribution < 1.29 is 10.2 Å². The summed E-state index contributed by atoms with van der Waals surface area (Å²) in [7, 11) is 0. The van der Waals surface area contributed by atoms with Crippen molar-refractivity contribution in [3.8, 4) is 11.3 Å². The van der Waals surface area contributed by atoms with E-state index in [0.29, 0.717) is 19.5 Å². The molecule has 4 atom stereocenters. The van der Waals surface area contributed by atoms with E-state index in [1.54, 1.807) is 34.6 Å². The van der Waals surface area contributed by atoms with Crippen LogP contribution >= 0.6 is 11.3 Å². The van der Waals surface area contributed by atoms with Gasteiger partial charge < -0.3 is 15.5 Å². The summed E-state index contributed by atoms with van der Waals surface area (Å²) in [4.78, 5) is 8.31. The first-order valence-corrected chi connectivity index (χ1v) is 9.37. The Morgan fingerprint density at radius 2 is 2.19 bits per heavy atom. The van der Waals surface area contributed by atoms with Gasteiger partial charge in [-0.3, -0.25) is 9.67 Å². The molecule has 0 spiro atoms. The summed E-state index contributed by atoms with van der Waals surface area (Å²) in [6, 6.07) is 3.61. The molecule has 0 amide bonds. The van der Waals surface area contributed by atoms with Crippen LogP contribution in [0.15, 0.2) is 42.3 Å². The van der Waals surface area contributed by atoms with E-state index in [0.717, 1.165) is 16.3 Å². The number of hydrogen-bond acceptors (Lipinski definition) is 8. The molecular weight excluding hydrogens is 352 g/mol. The Balaban J connectivity index is 1.38. The van der Waals surface area contributed by atoms with Crippen LogP contribution in [0.1, 0.15) is 11.4 Å². The minimum atomic E-state index is -0.804. The van der Waals surface area contributed by atoms with Crippen LogP contribution in [0.25, 0.3) is 11.3 Å². The van der Waals surface area contributed by atoms with E-state index in [9.17, 15) is 10.2 Å². The van der Waals surface area contributed by atoms with Gasteiger partial charge in [0.05, 0.1) is 18.4 Å². The molecule has 0 radical (unpaired) electrons. The van der Waals surface area contributed by atoms with E-state index < -0.39 is 12.2 Å². The molecule has 0 unspecified atom stereocenters. The summed E-state index contributed by atoms with van der Waals surface area (Å²) in [6.45, 7) is 1.09. The fourth-order valence-electron chi connectivity index (χ4n) is 3.34. The second kappa shape index (κ2) is 7.58. The maximum Gasteiger partial charge on any atom is 0.114 e. The SMILES string of the molecule is O[C@@H]1[C@@H](Cn2cc(-c3cccnc3)nn2)C[C@@H](NCc2nccs2)[C@@H]1O. The molecule has 26 heavy (non-hydrogen) atoms. The van der Waals surface area contributed by atoms with Gasteiger partial charge in [-0.15, -0.1) is 16.4 Å². The number of nitrogens with one attached hydrogen (secondary N) is 1. The number of hydrogen-bond donors (Lipinski definition) is 3. The molecule has 3 heterocycles. The molecule has 3 N–H and O–H groups in total. The monoisotopic (exact) mass is 372 g/mol. The van der Waals surface area contributed by atoms with Gasteiger partial charge in [0.1, 0.15) is 10.7 Å². The van der Waals surface area contributed by atoms with E-state index in [1.807, 2.05) is 23.7 Å². The number of thiazole rings is 1. The zero-order valence-corrected chi connectivity index (χ0v) is 14.8. The standard InChI is InChI=1S/C17H20N6O2S/c24-16-12(6-13(17(16)25)20-8-15-19-4-5-26-15)9-23-10-14(21-22-23)11-2-1-3-18-7-11/h1-5,7,10,12-13,16-17,20,24-25H,6,8-9H2/t12-,13-,16-,17+/m1/s1. The maximum atomic E-state index is 10.4. The molecule has 0 saturated heterocycles. The molecule has 1 fully saturated rings. The number of nitrogens with zero attached hydrogens (tertiary/aromatic N) is 5. The summed E-state index contributed by atoms with van der Waals surface area (Å²) in [5.74, 6) is -0.0951. The third-order valence-corrected chi connectivity index (χ3v) is 5.50. The van der Waals surface area contributed by atoms with Crippen molar-refractivity contribution >= 4 is 11.3 Å². The Bertz CT molecular complexity index is 825. The molecule has 0 bridgehead atoms. The lowest BCUT2D eigenvalue weighted by Gasteiger charge is -2.17. The molecule has 3 aromatic rings. The smallest absolute Gasteiger partial charge is 0.114 e. The van der Waals surface area contributed by atoms with Gasteiger partial charge >= 0.3 is 0 Å². The van der Waals surface area contributed by atoms with Gasteiger partial charge in [0, 0.05) is 54.6 Å². The first-order valence-electron chi connectivity index (χ1n) is 8.49. The summed E-state index contributed by atoms with van der Waals surface area (Å²) < 4.78 is 1.71. The Labute approximate surface area is 154 Å². The Hall–Kier alpha value is -2.20. The largest absolute Gasteiger partial charge is 0.390 e. The molecule has 1 aliphatic carbocycles. The van der Waals surface area contributed by atoms with E-state index in [1.165, 1.54) is 0 Å². The van der Waals surface area contributed by atoms with Crippen LogP contribution in [0.3, 0.4) is 0 Å². The summed E-state index contributed by atoms with van der Waals surface area (Å²) in [6.07, 6.45) is 6.11. The Morgan fingerprint density at radius 3 is 2.96 bits per heavy atom. The highest BCUT2D eigenvalue weighted by Gasteiger charge is 2.41. The molecule has 3 aromatic heterocycles. The van der Waals surface area contributed by atoms with E-state index in [4.69, 9.17) is 0 Å². The number of aromatic nitrogens is 5. The number of aliphatic hydroxyl groups is 2. The summed E-state index contributed by atoms with van der Waals surface area (Å²) >= 11 is 1.57. The van der Waals surface area contributed by atoms with Crippen LogP contribution in [0.5, 0.6) is 0 Å². The number of pyridine rings is 1. The van der Waals surface area contributed by atoms with Crippen LogP contribution < -0.4 is 5.32 Å². The van der Waals surface area contributed by atoms with Crippen LogP contribution in [-0.2, 0) is 13.1 Å². The lowest BCUT2D eigenvalue weighted by atomic mass is 10.1. The van der Waals surface area contributed by atoms with Crippen molar-refractivity contribution in [2.45, 2.75) is 37.8 Å². The molecule has 136 valence electrons. The quantitative estimate of drug-likeness (QED) is 0.584. The highest BCUT2D eigenvalue weighted by Crippen LogP contribution is 2.29. The highest BCUT2D eigenvalue weighted by atomic mass is 32.1. The molecule has 0 aliphatic heterocycles.